The Morgan fingerprint density at radius 3 is 2.71 bits per heavy atom. The maximum absolute atomic E-state index is 14.0. The van der Waals surface area contributed by atoms with Gasteiger partial charge in [0.1, 0.15) is 11.4 Å². The molecule has 2 N–H and O–H groups in total. The van der Waals surface area contributed by atoms with E-state index in [9.17, 15) is 14.0 Å². The van der Waals surface area contributed by atoms with E-state index < -0.39 is 17.5 Å². The van der Waals surface area contributed by atoms with Crippen molar-refractivity contribution in [3.63, 3.8) is 0 Å². The van der Waals surface area contributed by atoms with Crippen molar-refractivity contribution >= 4 is 17.7 Å². The van der Waals surface area contributed by atoms with E-state index in [2.05, 4.69) is 22.0 Å². The van der Waals surface area contributed by atoms with E-state index in [0.29, 0.717) is 51.1 Å². The largest absolute Gasteiger partial charge is 0.449 e. The average Bonchev–Trinajstić information content (AvgIpc) is 3.43. The molecule has 3 aliphatic heterocycles. The molecule has 5 aliphatic rings. The van der Waals surface area contributed by atoms with E-state index in [1.54, 1.807) is 17.1 Å². The van der Waals surface area contributed by atoms with Crippen LogP contribution in [0.2, 0.25) is 0 Å². The Morgan fingerprint density at radius 2 is 1.93 bits per heavy atom. The van der Waals surface area contributed by atoms with Crippen molar-refractivity contribution in [1.82, 2.24) is 9.80 Å². The quantitative estimate of drug-likeness (QED) is 0.443. The van der Waals surface area contributed by atoms with Crippen molar-refractivity contribution < 1.29 is 18.7 Å². The van der Waals surface area contributed by atoms with Crippen LogP contribution in [0.25, 0.3) is 0 Å². The average molecular weight is 571 g/mol. The SMILES string of the molecule is NC(=O)C1(CCN2CCC(C3=CN=C4CC=C(F)C=C34)CC2)C2=C(C=CCC2)CCN1C(=O)OCCc1ccccc1. The Balaban J connectivity index is 1.14. The number of rotatable bonds is 8. The van der Waals surface area contributed by atoms with Crippen LogP contribution in [-0.4, -0.2) is 65.8 Å². The van der Waals surface area contributed by atoms with Crippen LogP contribution in [0.15, 0.2) is 93.9 Å². The van der Waals surface area contributed by atoms with Crippen molar-refractivity contribution in [1.29, 1.82) is 0 Å². The number of benzene rings is 1. The summed E-state index contributed by atoms with van der Waals surface area (Å²) < 4.78 is 19.7. The van der Waals surface area contributed by atoms with Gasteiger partial charge in [0.2, 0.25) is 5.91 Å². The third-order valence-corrected chi connectivity index (χ3v) is 9.49. The predicted molar refractivity (Wildman–Crippen MR) is 161 cm³/mol. The molecular weight excluding hydrogens is 531 g/mol. The standard InChI is InChI=1S/C34H39FN4O3/c35-27-10-11-31-28(22-27)29(23-37-31)25-12-17-38(18-13-25)20-16-34(32(36)40)30-9-5-4-8-26(30)14-19-39(34)33(41)42-21-15-24-6-2-1-3-7-24/h1-4,6-8,10,22-23,25H,5,9,11-21H2,(H2,36,40). The molecule has 0 spiro atoms. The number of amides is 2. The summed E-state index contributed by atoms with van der Waals surface area (Å²) in [7, 11) is 0. The van der Waals surface area contributed by atoms with Crippen LogP contribution in [0, 0.1) is 5.92 Å². The highest BCUT2D eigenvalue weighted by Crippen LogP contribution is 2.42. The molecule has 8 heteroatoms. The zero-order valence-corrected chi connectivity index (χ0v) is 24.1. The summed E-state index contributed by atoms with van der Waals surface area (Å²) in [4.78, 5) is 35.5. The Labute approximate surface area is 247 Å². The van der Waals surface area contributed by atoms with Crippen molar-refractivity contribution in [2.45, 2.75) is 56.9 Å². The monoisotopic (exact) mass is 570 g/mol. The Bertz CT molecular complexity index is 1420. The number of hydrogen-bond donors (Lipinski definition) is 1. The summed E-state index contributed by atoms with van der Waals surface area (Å²) in [6.07, 6.45) is 14.5. The smallest absolute Gasteiger partial charge is 0.410 e. The van der Waals surface area contributed by atoms with E-state index >= 15 is 0 Å². The molecule has 1 unspecified atom stereocenters. The van der Waals surface area contributed by atoms with Crippen molar-refractivity contribution in [3.8, 4) is 0 Å². The van der Waals surface area contributed by atoms with Crippen molar-refractivity contribution in [2.75, 3.05) is 32.8 Å². The molecule has 3 heterocycles. The van der Waals surface area contributed by atoms with Gasteiger partial charge < -0.3 is 15.4 Å². The van der Waals surface area contributed by atoms with Gasteiger partial charge in [-0.3, -0.25) is 14.7 Å². The molecule has 220 valence electrons. The van der Waals surface area contributed by atoms with Crippen LogP contribution < -0.4 is 5.73 Å². The number of allylic oxidation sites excluding steroid dienone is 7. The summed E-state index contributed by atoms with van der Waals surface area (Å²) in [6, 6.07) is 9.91. The molecule has 42 heavy (non-hydrogen) atoms. The molecule has 1 aromatic rings. The normalized spacial score (nSPS) is 24.4. The highest BCUT2D eigenvalue weighted by Gasteiger charge is 2.51. The van der Waals surface area contributed by atoms with Gasteiger partial charge in [-0.15, -0.1) is 0 Å². The van der Waals surface area contributed by atoms with Crippen LogP contribution in [0.3, 0.4) is 0 Å². The molecule has 2 aliphatic carbocycles. The Kier molecular flexibility index (Phi) is 8.24. The summed E-state index contributed by atoms with van der Waals surface area (Å²) in [5.41, 5.74) is 11.3. The molecule has 0 saturated carbocycles. The van der Waals surface area contributed by atoms with Gasteiger partial charge in [0, 0.05) is 37.7 Å². The molecule has 2 amide bonds. The van der Waals surface area contributed by atoms with E-state index in [-0.39, 0.29) is 12.4 Å². The van der Waals surface area contributed by atoms with E-state index in [1.165, 1.54) is 0 Å². The fourth-order valence-electron chi connectivity index (χ4n) is 7.21. The maximum atomic E-state index is 14.0. The minimum Gasteiger partial charge on any atom is -0.449 e. The number of ether oxygens (including phenoxy) is 1. The third kappa shape index (κ3) is 5.52. The third-order valence-electron chi connectivity index (χ3n) is 9.49. The van der Waals surface area contributed by atoms with Crippen LogP contribution in [-0.2, 0) is 16.0 Å². The predicted octanol–water partition coefficient (Wildman–Crippen LogP) is 5.57. The van der Waals surface area contributed by atoms with Crippen molar-refractivity contribution in [3.05, 3.63) is 94.5 Å². The summed E-state index contributed by atoms with van der Waals surface area (Å²) in [6.45, 7) is 2.99. The highest BCUT2D eigenvalue weighted by molar-refractivity contribution is 6.08. The lowest BCUT2D eigenvalue weighted by Gasteiger charge is -2.48. The topological polar surface area (TPSA) is 88.2 Å². The van der Waals surface area contributed by atoms with Crippen LogP contribution in [0.4, 0.5) is 9.18 Å². The van der Waals surface area contributed by atoms with Gasteiger partial charge >= 0.3 is 6.09 Å². The first kappa shape index (κ1) is 28.3. The molecule has 0 radical (unpaired) electrons. The lowest BCUT2D eigenvalue weighted by Crippen LogP contribution is -2.64. The highest BCUT2D eigenvalue weighted by atomic mass is 19.1. The van der Waals surface area contributed by atoms with E-state index in [0.717, 1.165) is 65.9 Å². The number of nitrogens with two attached hydrogens (primary N) is 1. The number of primary amides is 1. The molecule has 1 aromatic carbocycles. The molecule has 1 saturated heterocycles. The minimum atomic E-state index is -1.20. The Morgan fingerprint density at radius 1 is 1.12 bits per heavy atom. The first-order chi connectivity index (χ1) is 20.5. The summed E-state index contributed by atoms with van der Waals surface area (Å²) in [5, 5.41) is 0. The number of piperidine rings is 1. The number of carbonyl (C=O) groups is 2. The lowest BCUT2D eigenvalue weighted by molar-refractivity contribution is -0.128. The number of nitrogens with zero attached hydrogens (tertiary/aromatic N) is 3. The fraction of sp³-hybridized carbons (Fsp3) is 0.441. The van der Waals surface area contributed by atoms with Gasteiger partial charge in [0.15, 0.2) is 0 Å². The molecular formula is C34H39FN4O3. The van der Waals surface area contributed by atoms with Gasteiger partial charge in [-0.1, -0.05) is 42.5 Å². The Hall–Kier alpha value is -3.78. The van der Waals surface area contributed by atoms with Gasteiger partial charge in [0.05, 0.1) is 12.3 Å². The molecule has 1 atom stereocenters. The second-order valence-corrected chi connectivity index (χ2v) is 11.8. The molecule has 7 nitrogen and oxygen atoms in total. The number of hydrogen-bond acceptors (Lipinski definition) is 5. The number of carbonyl (C=O) groups excluding carboxylic acids is 2. The second-order valence-electron chi connectivity index (χ2n) is 11.8. The van der Waals surface area contributed by atoms with Gasteiger partial charge in [-0.25, -0.2) is 9.18 Å². The van der Waals surface area contributed by atoms with E-state index in [1.807, 2.05) is 36.5 Å². The summed E-state index contributed by atoms with van der Waals surface area (Å²) in [5.74, 6) is -0.346. The minimum absolute atomic E-state index is 0.187. The molecule has 0 bridgehead atoms. The lowest BCUT2D eigenvalue weighted by atomic mass is 9.73. The second kappa shape index (κ2) is 12.2. The first-order valence-electron chi connectivity index (χ1n) is 15.2. The zero-order valence-electron chi connectivity index (χ0n) is 24.1. The van der Waals surface area contributed by atoms with Gasteiger partial charge in [0.25, 0.3) is 0 Å². The van der Waals surface area contributed by atoms with Crippen LogP contribution in [0.5, 0.6) is 0 Å². The summed E-state index contributed by atoms with van der Waals surface area (Å²) >= 11 is 0. The number of aliphatic imine (C=N–C) groups is 1. The first-order valence-corrected chi connectivity index (χ1v) is 15.2. The fourth-order valence-corrected chi connectivity index (χ4v) is 7.21. The van der Waals surface area contributed by atoms with Gasteiger partial charge in [-0.05, 0) is 92.0 Å². The molecule has 1 fully saturated rings. The maximum Gasteiger partial charge on any atom is 0.410 e. The molecule has 6 rings (SSSR count). The number of fused-ring (bicyclic) bond motifs is 1. The zero-order chi connectivity index (χ0) is 29.1. The van der Waals surface area contributed by atoms with Crippen molar-refractivity contribution in [2.24, 2.45) is 16.6 Å². The van der Waals surface area contributed by atoms with E-state index in [4.69, 9.17) is 10.5 Å². The van der Waals surface area contributed by atoms with Crippen LogP contribution in [0.1, 0.15) is 50.5 Å². The van der Waals surface area contributed by atoms with Crippen LogP contribution >= 0.6 is 0 Å². The molecule has 0 aromatic heterocycles. The number of likely N-dealkylation sites (tertiary alicyclic amines) is 1. The number of halogens is 1. The van der Waals surface area contributed by atoms with Gasteiger partial charge in [-0.2, -0.15) is 0 Å².